The van der Waals surface area contributed by atoms with Crippen LogP contribution in [0.5, 0.6) is 5.75 Å². The Balaban J connectivity index is 1.67. The van der Waals surface area contributed by atoms with Crippen molar-refractivity contribution in [3.63, 3.8) is 0 Å². The van der Waals surface area contributed by atoms with Crippen molar-refractivity contribution >= 4 is 23.2 Å². The predicted octanol–water partition coefficient (Wildman–Crippen LogP) is 3.13. The number of para-hydroxylation sites is 1. The van der Waals surface area contributed by atoms with Gasteiger partial charge in [0.25, 0.3) is 11.8 Å². The Kier molecular flexibility index (Phi) is 4.61. The van der Waals surface area contributed by atoms with Crippen molar-refractivity contribution in [1.82, 2.24) is 0 Å². The van der Waals surface area contributed by atoms with Crippen molar-refractivity contribution in [3.05, 3.63) is 66.2 Å². The van der Waals surface area contributed by atoms with Gasteiger partial charge in [0.05, 0.1) is 5.69 Å². The van der Waals surface area contributed by atoms with Crippen molar-refractivity contribution in [2.75, 3.05) is 16.8 Å². The predicted molar refractivity (Wildman–Crippen MR) is 93.0 cm³/mol. The van der Waals surface area contributed by atoms with Crippen LogP contribution in [0.25, 0.3) is 0 Å². The summed E-state index contributed by atoms with van der Waals surface area (Å²) < 4.78 is 5.81. The van der Waals surface area contributed by atoms with Crippen LogP contribution in [-0.2, 0) is 16.2 Å². The Labute approximate surface area is 140 Å². The number of hydrogen-bond acceptors (Lipinski definition) is 4. The highest BCUT2D eigenvalue weighted by molar-refractivity contribution is 6.28. The van der Waals surface area contributed by atoms with Crippen LogP contribution in [0, 0.1) is 0 Å². The second-order valence-electron chi connectivity index (χ2n) is 5.32. The highest BCUT2D eigenvalue weighted by Crippen LogP contribution is 2.24. The summed E-state index contributed by atoms with van der Waals surface area (Å²) >= 11 is 0. The molecular weight excluding hydrogens is 304 g/mol. The number of nitrogens with one attached hydrogen (secondary N) is 1. The average Bonchev–Trinajstić information content (AvgIpc) is 2.94. The highest BCUT2D eigenvalue weighted by Gasteiger charge is 2.24. The normalized spacial score (nSPS) is 13.5. The summed E-state index contributed by atoms with van der Waals surface area (Å²) in [5.74, 6) is 0.0265. The first-order valence-corrected chi connectivity index (χ1v) is 7.80. The molecule has 122 valence electrons. The molecule has 0 aromatic heterocycles. The summed E-state index contributed by atoms with van der Waals surface area (Å²) in [5, 5.41) is 3.30. The van der Waals surface area contributed by atoms with Crippen LogP contribution >= 0.6 is 0 Å². The number of imide groups is 1. The van der Waals surface area contributed by atoms with Crippen LogP contribution in [0.3, 0.4) is 0 Å². The molecule has 1 aliphatic heterocycles. The van der Waals surface area contributed by atoms with E-state index < -0.39 is 0 Å². The topological polar surface area (TPSA) is 58.6 Å². The van der Waals surface area contributed by atoms with E-state index >= 15 is 0 Å². The van der Waals surface area contributed by atoms with Crippen LogP contribution in [0.2, 0.25) is 0 Å². The van der Waals surface area contributed by atoms with Crippen LogP contribution in [0.15, 0.2) is 60.7 Å². The third kappa shape index (κ3) is 3.30. The lowest BCUT2D eigenvalue weighted by atomic mass is 10.2. The van der Waals surface area contributed by atoms with Crippen molar-refractivity contribution < 1.29 is 14.3 Å². The van der Waals surface area contributed by atoms with Gasteiger partial charge < -0.3 is 10.1 Å². The molecule has 0 aliphatic carbocycles. The van der Waals surface area contributed by atoms with E-state index in [1.807, 2.05) is 31.2 Å². The summed E-state index contributed by atoms with van der Waals surface area (Å²) in [7, 11) is 0. The average molecular weight is 322 g/mol. The SMILES string of the molecule is CCNc1ccccc1COc1ccc(N2C(=O)C=CC2=O)cc1. The number of rotatable bonds is 6. The van der Waals surface area contributed by atoms with Gasteiger partial charge in [-0.2, -0.15) is 0 Å². The van der Waals surface area contributed by atoms with Crippen molar-refractivity contribution in [2.45, 2.75) is 13.5 Å². The number of amides is 2. The largest absolute Gasteiger partial charge is 0.489 e. The molecule has 0 unspecified atom stereocenters. The van der Waals surface area contributed by atoms with Gasteiger partial charge in [0, 0.05) is 29.9 Å². The zero-order valence-corrected chi connectivity index (χ0v) is 13.4. The van der Waals surface area contributed by atoms with Gasteiger partial charge in [-0.05, 0) is 37.3 Å². The fourth-order valence-electron chi connectivity index (χ4n) is 2.52. The van der Waals surface area contributed by atoms with Gasteiger partial charge in [0.15, 0.2) is 0 Å². The van der Waals surface area contributed by atoms with Crippen LogP contribution in [-0.4, -0.2) is 18.4 Å². The van der Waals surface area contributed by atoms with Crippen molar-refractivity contribution in [1.29, 1.82) is 0 Å². The van der Waals surface area contributed by atoms with E-state index in [4.69, 9.17) is 4.74 Å². The van der Waals surface area contributed by atoms with Crippen molar-refractivity contribution in [2.24, 2.45) is 0 Å². The minimum Gasteiger partial charge on any atom is -0.489 e. The molecule has 0 fully saturated rings. The lowest BCUT2D eigenvalue weighted by Crippen LogP contribution is -2.29. The van der Waals surface area contributed by atoms with Gasteiger partial charge >= 0.3 is 0 Å². The van der Waals surface area contributed by atoms with E-state index in [0.717, 1.165) is 22.7 Å². The maximum absolute atomic E-state index is 11.7. The van der Waals surface area contributed by atoms with Crippen LogP contribution in [0.4, 0.5) is 11.4 Å². The standard InChI is InChI=1S/C19H18N2O3/c1-2-20-17-6-4-3-5-14(17)13-24-16-9-7-15(8-10-16)21-18(22)11-12-19(21)23/h3-12,20H,2,13H2,1H3. The highest BCUT2D eigenvalue weighted by atomic mass is 16.5. The first-order valence-electron chi connectivity index (χ1n) is 7.80. The molecule has 0 radical (unpaired) electrons. The molecule has 0 saturated carbocycles. The Morgan fingerprint density at radius 1 is 0.958 bits per heavy atom. The summed E-state index contributed by atoms with van der Waals surface area (Å²) in [5.41, 5.74) is 2.66. The molecule has 0 saturated heterocycles. The number of carbonyl (C=O) groups excluding carboxylic acids is 2. The minimum absolute atomic E-state index is 0.326. The second-order valence-corrected chi connectivity index (χ2v) is 5.32. The number of anilines is 2. The lowest BCUT2D eigenvalue weighted by molar-refractivity contribution is -0.119. The van der Waals surface area contributed by atoms with E-state index in [2.05, 4.69) is 5.32 Å². The second kappa shape index (κ2) is 7.00. The Morgan fingerprint density at radius 2 is 1.62 bits per heavy atom. The van der Waals surface area contributed by atoms with Crippen LogP contribution < -0.4 is 15.0 Å². The fourth-order valence-corrected chi connectivity index (χ4v) is 2.52. The van der Waals surface area contributed by atoms with E-state index in [-0.39, 0.29) is 11.8 Å². The quantitative estimate of drug-likeness (QED) is 0.830. The Hall–Kier alpha value is -3.08. The number of ether oxygens (including phenoxy) is 1. The summed E-state index contributed by atoms with van der Waals surface area (Å²) in [6.07, 6.45) is 2.54. The van der Waals surface area contributed by atoms with Gasteiger partial charge in [-0.15, -0.1) is 0 Å². The molecule has 2 aromatic rings. The smallest absolute Gasteiger partial charge is 0.258 e. The summed E-state index contributed by atoms with van der Waals surface area (Å²) in [6.45, 7) is 3.33. The number of carbonyl (C=O) groups is 2. The number of hydrogen-bond donors (Lipinski definition) is 1. The first kappa shape index (κ1) is 15.8. The Bertz CT molecular complexity index is 763. The molecule has 5 nitrogen and oxygen atoms in total. The Morgan fingerprint density at radius 3 is 2.29 bits per heavy atom. The van der Waals surface area contributed by atoms with E-state index in [1.54, 1.807) is 24.3 Å². The molecule has 1 N–H and O–H groups in total. The summed E-state index contributed by atoms with van der Waals surface area (Å²) in [4.78, 5) is 24.4. The molecule has 1 aliphatic rings. The van der Waals surface area contributed by atoms with Gasteiger partial charge in [0.2, 0.25) is 0 Å². The third-order valence-corrected chi connectivity index (χ3v) is 3.68. The zero-order chi connectivity index (χ0) is 16.9. The molecule has 5 heteroatoms. The number of benzene rings is 2. The molecule has 1 heterocycles. The van der Waals surface area contributed by atoms with Gasteiger partial charge in [-0.3, -0.25) is 9.59 Å². The van der Waals surface area contributed by atoms with Gasteiger partial charge in [-0.25, -0.2) is 4.90 Å². The minimum atomic E-state index is -0.326. The van der Waals surface area contributed by atoms with Crippen molar-refractivity contribution in [3.8, 4) is 5.75 Å². The molecular formula is C19H18N2O3. The molecule has 24 heavy (non-hydrogen) atoms. The van der Waals surface area contributed by atoms with Gasteiger partial charge in [0.1, 0.15) is 12.4 Å². The van der Waals surface area contributed by atoms with E-state index in [9.17, 15) is 9.59 Å². The fraction of sp³-hybridized carbons (Fsp3) is 0.158. The van der Waals surface area contributed by atoms with Crippen LogP contribution in [0.1, 0.15) is 12.5 Å². The molecule has 0 atom stereocenters. The molecule has 2 amide bonds. The van der Waals surface area contributed by atoms with E-state index in [1.165, 1.54) is 12.2 Å². The molecule has 3 rings (SSSR count). The number of nitrogens with zero attached hydrogens (tertiary/aromatic N) is 1. The lowest BCUT2D eigenvalue weighted by Gasteiger charge is -2.15. The molecule has 2 aromatic carbocycles. The zero-order valence-electron chi connectivity index (χ0n) is 13.4. The molecule has 0 spiro atoms. The van der Waals surface area contributed by atoms with E-state index in [0.29, 0.717) is 18.0 Å². The first-order chi connectivity index (χ1) is 11.7. The maximum Gasteiger partial charge on any atom is 0.258 e. The third-order valence-electron chi connectivity index (χ3n) is 3.68. The maximum atomic E-state index is 11.7. The monoisotopic (exact) mass is 322 g/mol. The molecule has 0 bridgehead atoms. The van der Waals surface area contributed by atoms with Gasteiger partial charge in [-0.1, -0.05) is 18.2 Å². The summed E-state index contributed by atoms with van der Waals surface area (Å²) in [6, 6.07) is 14.9.